The van der Waals surface area contributed by atoms with Crippen LogP contribution in [0.25, 0.3) is 16.6 Å². The molecule has 0 bridgehead atoms. The third-order valence-corrected chi connectivity index (χ3v) is 6.24. The van der Waals surface area contributed by atoms with Crippen LogP contribution in [0.1, 0.15) is 24.2 Å². The Bertz CT molecular complexity index is 1310. The van der Waals surface area contributed by atoms with Gasteiger partial charge in [0.25, 0.3) is 0 Å². The first-order valence-corrected chi connectivity index (χ1v) is 11.1. The first-order chi connectivity index (χ1) is 16.0. The highest BCUT2D eigenvalue weighted by Crippen LogP contribution is 2.31. The number of para-hydroxylation sites is 1. The summed E-state index contributed by atoms with van der Waals surface area (Å²) in [7, 11) is 0. The average Bonchev–Trinajstić information content (AvgIpc) is 3.18. The highest BCUT2D eigenvalue weighted by molar-refractivity contribution is 5.94. The second-order valence-electron chi connectivity index (χ2n) is 8.43. The van der Waals surface area contributed by atoms with E-state index in [1.807, 2.05) is 48.9 Å². The summed E-state index contributed by atoms with van der Waals surface area (Å²) in [5.41, 5.74) is 4.17. The first-order valence-electron chi connectivity index (χ1n) is 11.1. The fourth-order valence-corrected chi connectivity index (χ4v) is 4.51. The molecule has 0 radical (unpaired) electrons. The van der Waals surface area contributed by atoms with E-state index in [-0.39, 0.29) is 17.6 Å². The summed E-state index contributed by atoms with van der Waals surface area (Å²) in [6.07, 6.45) is 1.35. The van der Waals surface area contributed by atoms with Gasteiger partial charge in [-0.25, -0.2) is 9.07 Å². The van der Waals surface area contributed by atoms with E-state index in [0.717, 1.165) is 33.8 Å². The molecule has 1 saturated heterocycles. The second-order valence-corrected chi connectivity index (χ2v) is 8.43. The third-order valence-electron chi connectivity index (χ3n) is 6.24. The molecule has 33 heavy (non-hydrogen) atoms. The molecule has 8 heteroatoms. The third kappa shape index (κ3) is 4.04. The van der Waals surface area contributed by atoms with Gasteiger partial charge in [-0.3, -0.25) is 4.79 Å². The van der Waals surface area contributed by atoms with Gasteiger partial charge in [-0.15, -0.1) is 5.10 Å². The maximum Gasteiger partial charge on any atom is 0.227 e. The lowest BCUT2D eigenvalue weighted by molar-refractivity contribution is -0.120. The van der Waals surface area contributed by atoms with Crippen LogP contribution >= 0.6 is 0 Å². The van der Waals surface area contributed by atoms with Crippen molar-refractivity contribution in [1.29, 1.82) is 0 Å². The minimum absolute atomic E-state index is 0.0791. The van der Waals surface area contributed by atoms with Gasteiger partial charge >= 0.3 is 0 Å². The molecule has 168 valence electrons. The van der Waals surface area contributed by atoms with Gasteiger partial charge in [-0.2, -0.15) is 10.2 Å². The smallest absolute Gasteiger partial charge is 0.227 e. The van der Waals surface area contributed by atoms with Gasteiger partial charge in [0.05, 0.1) is 22.5 Å². The van der Waals surface area contributed by atoms with Crippen molar-refractivity contribution in [2.75, 3.05) is 23.3 Å². The van der Waals surface area contributed by atoms with Crippen LogP contribution in [0.4, 0.5) is 15.9 Å². The number of halogens is 1. The van der Waals surface area contributed by atoms with Crippen LogP contribution < -0.4 is 10.2 Å². The molecule has 3 heterocycles. The molecule has 1 aliphatic rings. The van der Waals surface area contributed by atoms with E-state index in [0.29, 0.717) is 31.6 Å². The maximum atomic E-state index is 13.4. The molecule has 1 amide bonds. The van der Waals surface area contributed by atoms with Crippen molar-refractivity contribution in [3.05, 3.63) is 71.8 Å². The minimum atomic E-state index is -0.366. The SMILES string of the molecule is Cc1nnc(N2CCC(C(=O)Nc3cccc(F)c3)CC2)c2nn(-c3ccccc3)c(C)c12. The number of nitrogens with zero attached hydrogens (tertiary/aromatic N) is 5. The van der Waals surface area contributed by atoms with Crippen LogP contribution in [0.15, 0.2) is 54.6 Å². The van der Waals surface area contributed by atoms with E-state index < -0.39 is 0 Å². The summed E-state index contributed by atoms with van der Waals surface area (Å²) in [5, 5.41) is 17.6. The quantitative estimate of drug-likeness (QED) is 0.504. The molecule has 0 spiro atoms. The monoisotopic (exact) mass is 444 g/mol. The molecule has 0 aliphatic carbocycles. The number of aromatic nitrogens is 4. The summed E-state index contributed by atoms with van der Waals surface area (Å²) in [4.78, 5) is 14.8. The van der Waals surface area contributed by atoms with E-state index in [2.05, 4.69) is 20.4 Å². The van der Waals surface area contributed by atoms with Crippen molar-refractivity contribution in [2.24, 2.45) is 5.92 Å². The van der Waals surface area contributed by atoms with Gasteiger partial charge < -0.3 is 10.2 Å². The molecule has 1 aliphatic heterocycles. The molecule has 4 aromatic rings. The van der Waals surface area contributed by atoms with Crippen molar-refractivity contribution in [1.82, 2.24) is 20.0 Å². The number of carbonyl (C=O) groups excluding carboxylic acids is 1. The molecule has 0 atom stereocenters. The van der Waals surface area contributed by atoms with Crippen LogP contribution in [0, 0.1) is 25.6 Å². The summed E-state index contributed by atoms with van der Waals surface area (Å²) < 4.78 is 15.3. The molecule has 2 aromatic carbocycles. The largest absolute Gasteiger partial charge is 0.353 e. The average molecular weight is 445 g/mol. The van der Waals surface area contributed by atoms with Crippen LogP contribution in [0.3, 0.4) is 0 Å². The molecule has 5 rings (SSSR count). The molecular weight excluding hydrogens is 419 g/mol. The van der Waals surface area contributed by atoms with E-state index in [4.69, 9.17) is 5.10 Å². The zero-order chi connectivity index (χ0) is 22.9. The van der Waals surface area contributed by atoms with Gasteiger partial charge in [-0.1, -0.05) is 24.3 Å². The number of amides is 1. The van der Waals surface area contributed by atoms with Crippen molar-refractivity contribution in [2.45, 2.75) is 26.7 Å². The Balaban J connectivity index is 1.36. The maximum absolute atomic E-state index is 13.4. The van der Waals surface area contributed by atoms with Gasteiger partial charge in [0.2, 0.25) is 5.91 Å². The molecule has 0 unspecified atom stereocenters. The number of nitrogens with one attached hydrogen (secondary N) is 1. The number of aryl methyl sites for hydroxylation is 2. The Morgan fingerprint density at radius 3 is 2.52 bits per heavy atom. The van der Waals surface area contributed by atoms with E-state index in [1.54, 1.807) is 12.1 Å². The van der Waals surface area contributed by atoms with Crippen LogP contribution in [0.2, 0.25) is 0 Å². The van der Waals surface area contributed by atoms with Crippen LogP contribution in [0.5, 0.6) is 0 Å². The van der Waals surface area contributed by atoms with E-state index >= 15 is 0 Å². The van der Waals surface area contributed by atoms with Crippen LogP contribution in [-0.2, 0) is 4.79 Å². The van der Waals surface area contributed by atoms with Gasteiger partial charge in [0.15, 0.2) is 5.82 Å². The summed E-state index contributed by atoms with van der Waals surface area (Å²) in [6, 6.07) is 16.0. The van der Waals surface area contributed by atoms with Crippen molar-refractivity contribution >= 4 is 28.3 Å². The summed E-state index contributed by atoms with van der Waals surface area (Å²) in [5.74, 6) is 0.166. The first kappa shape index (κ1) is 21.1. The van der Waals surface area contributed by atoms with Crippen molar-refractivity contribution in [3.63, 3.8) is 0 Å². The van der Waals surface area contributed by atoms with Gasteiger partial charge in [0.1, 0.15) is 11.3 Å². The molecule has 2 aromatic heterocycles. The molecule has 1 fully saturated rings. The highest BCUT2D eigenvalue weighted by atomic mass is 19.1. The lowest BCUT2D eigenvalue weighted by atomic mass is 9.95. The second kappa shape index (κ2) is 8.61. The molecule has 0 saturated carbocycles. The number of rotatable bonds is 4. The number of anilines is 2. The Kier molecular flexibility index (Phi) is 5.50. The Morgan fingerprint density at radius 2 is 1.79 bits per heavy atom. The number of benzene rings is 2. The Hall–Kier alpha value is -3.81. The lowest BCUT2D eigenvalue weighted by Gasteiger charge is -2.32. The van der Waals surface area contributed by atoms with E-state index in [9.17, 15) is 9.18 Å². The lowest BCUT2D eigenvalue weighted by Crippen LogP contribution is -2.38. The number of hydrogen-bond acceptors (Lipinski definition) is 5. The number of carbonyl (C=O) groups is 1. The molecule has 1 N–H and O–H groups in total. The summed E-state index contributed by atoms with van der Waals surface area (Å²) in [6.45, 7) is 5.34. The van der Waals surface area contributed by atoms with Crippen LogP contribution in [-0.4, -0.2) is 39.0 Å². The van der Waals surface area contributed by atoms with Gasteiger partial charge in [-0.05, 0) is 57.0 Å². The predicted octanol–water partition coefficient (Wildman–Crippen LogP) is 4.43. The normalized spacial score (nSPS) is 14.6. The predicted molar refractivity (Wildman–Crippen MR) is 126 cm³/mol. The zero-order valence-corrected chi connectivity index (χ0v) is 18.6. The fraction of sp³-hybridized carbons (Fsp3) is 0.280. The highest BCUT2D eigenvalue weighted by Gasteiger charge is 2.28. The standard InChI is InChI=1S/C25H25FN6O/c1-16-22-17(2)32(21-9-4-3-5-10-21)30-23(22)24(29-28-16)31-13-11-18(12-14-31)25(33)27-20-8-6-7-19(26)15-20/h3-10,15,18H,11-14H2,1-2H3,(H,27,33). The number of piperidine rings is 1. The van der Waals surface area contributed by atoms with Crippen molar-refractivity contribution < 1.29 is 9.18 Å². The Labute approximate surface area is 191 Å². The Morgan fingerprint density at radius 1 is 1.03 bits per heavy atom. The topological polar surface area (TPSA) is 75.9 Å². The van der Waals surface area contributed by atoms with Gasteiger partial charge in [0, 0.05) is 24.7 Å². The fourth-order valence-electron chi connectivity index (χ4n) is 4.51. The zero-order valence-electron chi connectivity index (χ0n) is 18.6. The number of fused-ring (bicyclic) bond motifs is 1. The van der Waals surface area contributed by atoms with Crippen molar-refractivity contribution in [3.8, 4) is 5.69 Å². The summed E-state index contributed by atoms with van der Waals surface area (Å²) >= 11 is 0. The number of hydrogen-bond donors (Lipinski definition) is 1. The van der Waals surface area contributed by atoms with E-state index in [1.165, 1.54) is 12.1 Å². The minimum Gasteiger partial charge on any atom is -0.353 e. The molecule has 7 nitrogen and oxygen atoms in total. The molecular formula is C25H25FN6O.